The molecule has 2 aliphatic rings. The molecule has 4 heterocycles. The first-order valence-corrected chi connectivity index (χ1v) is 12.6. The van der Waals surface area contributed by atoms with E-state index >= 15 is 0 Å². The normalized spacial score (nSPS) is 18.9. The highest BCUT2D eigenvalue weighted by molar-refractivity contribution is 5.92. The highest BCUT2D eigenvalue weighted by Crippen LogP contribution is 2.38. The number of carbonyl (C=O) groups excluding carboxylic acids is 1. The Labute approximate surface area is 205 Å². The van der Waals surface area contributed by atoms with E-state index < -0.39 is 5.92 Å². The summed E-state index contributed by atoms with van der Waals surface area (Å²) < 4.78 is 26.1. The van der Waals surface area contributed by atoms with Gasteiger partial charge < -0.3 is 9.88 Å². The van der Waals surface area contributed by atoms with Gasteiger partial charge in [0.1, 0.15) is 0 Å². The van der Waals surface area contributed by atoms with Crippen molar-refractivity contribution in [3.8, 4) is 11.3 Å². The number of hydrogen-bond donors (Lipinski definition) is 1. The maximum atomic E-state index is 13.1. The van der Waals surface area contributed by atoms with Crippen molar-refractivity contribution in [1.82, 2.24) is 19.8 Å². The van der Waals surface area contributed by atoms with Crippen LogP contribution in [0.15, 0.2) is 30.3 Å². The van der Waals surface area contributed by atoms with Crippen LogP contribution in [-0.4, -0.2) is 64.3 Å². The van der Waals surface area contributed by atoms with Gasteiger partial charge in [-0.2, -0.15) is 0 Å². The SMILES string of the molecule is Cc1cc(-c2[nH]c3ccc(C4CCN(C(=O)CN5CC(F)(F)C5)CC4)cc3c2C(C)C)cc(C)n1. The number of benzene rings is 1. The fourth-order valence-electron chi connectivity index (χ4n) is 5.76. The van der Waals surface area contributed by atoms with Crippen LogP contribution in [0.5, 0.6) is 0 Å². The Bertz CT molecular complexity index is 1230. The van der Waals surface area contributed by atoms with E-state index in [9.17, 15) is 13.6 Å². The number of amides is 1. The molecule has 2 saturated heterocycles. The molecule has 0 bridgehead atoms. The number of likely N-dealkylation sites (tertiary alicyclic amines) is 2. The molecule has 5 nitrogen and oxygen atoms in total. The molecule has 2 aromatic heterocycles. The van der Waals surface area contributed by atoms with Crippen LogP contribution in [0, 0.1) is 13.8 Å². The minimum absolute atomic E-state index is 0.0327. The van der Waals surface area contributed by atoms with Gasteiger partial charge in [0.2, 0.25) is 5.91 Å². The Morgan fingerprint density at radius 1 is 1.11 bits per heavy atom. The number of pyridine rings is 1. The van der Waals surface area contributed by atoms with Crippen LogP contribution in [0.2, 0.25) is 0 Å². The van der Waals surface area contributed by atoms with Gasteiger partial charge in [-0.3, -0.25) is 14.7 Å². The lowest BCUT2D eigenvalue weighted by atomic mass is 9.87. The molecule has 3 aromatic rings. The molecule has 7 heteroatoms. The van der Waals surface area contributed by atoms with Crippen molar-refractivity contribution in [1.29, 1.82) is 0 Å². The minimum atomic E-state index is -2.63. The highest BCUT2D eigenvalue weighted by Gasteiger charge is 2.44. The molecule has 0 atom stereocenters. The monoisotopic (exact) mass is 480 g/mol. The second-order valence-corrected chi connectivity index (χ2v) is 10.7. The number of carbonyl (C=O) groups is 1. The lowest BCUT2D eigenvalue weighted by Crippen LogP contribution is -2.59. The Hall–Kier alpha value is -2.80. The zero-order valence-electron chi connectivity index (χ0n) is 21.0. The first kappa shape index (κ1) is 23.9. The number of aromatic amines is 1. The predicted molar refractivity (Wildman–Crippen MR) is 135 cm³/mol. The Balaban J connectivity index is 1.33. The maximum absolute atomic E-state index is 13.1. The number of H-pyrrole nitrogens is 1. The van der Waals surface area contributed by atoms with Crippen LogP contribution in [-0.2, 0) is 4.79 Å². The van der Waals surface area contributed by atoms with Crippen molar-refractivity contribution in [2.45, 2.75) is 58.3 Å². The number of fused-ring (bicyclic) bond motifs is 1. The second-order valence-electron chi connectivity index (χ2n) is 10.7. The van der Waals surface area contributed by atoms with E-state index in [1.54, 1.807) is 0 Å². The minimum Gasteiger partial charge on any atom is -0.354 e. The number of piperidine rings is 1. The van der Waals surface area contributed by atoms with E-state index in [1.807, 2.05) is 18.7 Å². The number of halogens is 2. The Morgan fingerprint density at radius 2 is 1.77 bits per heavy atom. The van der Waals surface area contributed by atoms with Crippen LogP contribution in [0.1, 0.15) is 61.0 Å². The van der Waals surface area contributed by atoms with E-state index in [0.29, 0.717) is 24.9 Å². The molecule has 0 saturated carbocycles. The summed E-state index contributed by atoms with van der Waals surface area (Å²) in [6, 6.07) is 11.0. The summed E-state index contributed by atoms with van der Waals surface area (Å²) in [7, 11) is 0. The molecule has 1 N–H and O–H groups in total. The lowest BCUT2D eigenvalue weighted by Gasteiger charge is -2.40. The molecule has 0 aliphatic carbocycles. The van der Waals surface area contributed by atoms with Gasteiger partial charge >= 0.3 is 0 Å². The molecule has 186 valence electrons. The summed E-state index contributed by atoms with van der Waals surface area (Å²) in [5.41, 5.74) is 8.13. The molecule has 1 amide bonds. The molecular weight excluding hydrogens is 446 g/mol. The van der Waals surface area contributed by atoms with Gasteiger partial charge in [0.15, 0.2) is 0 Å². The number of nitrogens with one attached hydrogen (secondary N) is 1. The third-order valence-corrected chi connectivity index (χ3v) is 7.40. The zero-order chi connectivity index (χ0) is 24.9. The third kappa shape index (κ3) is 4.83. The van der Waals surface area contributed by atoms with Crippen molar-refractivity contribution < 1.29 is 13.6 Å². The van der Waals surface area contributed by atoms with Crippen LogP contribution in [0.3, 0.4) is 0 Å². The third-order valence-electron chi connectivity index (χ3n) is 7.40. The summed E-state index contributed by atoms with van der Waals surface area (Å²) in [4.78, 5) is 24.1. The van der Waals surface area contributed by atoms with Gasteiger partial charge in [-0.1, -0.05) is 19.9 Å². The summed E-state index contributed by atoms with van der Waals surface area (Å²) in [5.74, 6) is -1.92. The molecule has 35 heavy (non-hydrogen) atoms. The summed E-state index contributed by atoms with van der Waals surface area (Å²) in [6.45, 7) is 9.38. The number of nitrogens with zero attached hydrogens (tertiary/aromatic N) is 3. The molecule has 0 radical (unpaired) electrons. The maximum Gasteiger partial charge on any atom is 0.272 e. The zero-order valence-corrected chi connectivity index (χ0v) is 21.0. The Morgan fingerprint density at radius 3 is 2.37 bits per heavy atom. The number of alkyl halides is 2. The highest BCUT2D eigenvalue weighted by atomic mass is 19.3. The average Bonchev–Trinajstić information content (AvgIpc) is 3.16. The molecule has 2 fully saturated rings. The smallest absolute Gasteiger partial charge is 0.272 e. The van der Waals surface area contributed by atoms with Gasteiger partial charge in [0.25, 0.3) is 5.92 Å². The van der Waals surface area contributed by atoms with Crippen molar-refractivity contribution in [2.24, 2.45) is 0 Å². The molecule has 2 aliphatic heterocycles. The molecule has 0 spiro atoms. The Kier molecular flexibility index (Phi) is 6.16. The van der Waals surface area contributed by atoms with Crippen molar-refractivity contribution in [2.75, 3.05) is 32.7 Å². The number of aryl methyl sites for hydroxylation is 2. The van der Waals surface area contributed by atoms with E-state index in [1.165, 1.54) is 27.0 Å². The summed E-state index contributed by atoms with van der Waals surface area (Å²) in [6.07, 6.45) is 1.79. The molecular formula is C28H34F2N4O. The lowest BCUT2D eigenvalue weighted by molar-refractivity contribution is -0.151. The van der Waals surface area contributed by atoms with Crippen molar-refractivity contribution in [3.05, 3.63) is 52.8 Å². The second kappa shape index (κ2) is 9.01. The van der Waals surface area contributed by atoms with E-state index in [2.05, 4.69) is 54.1 Å². The largest absolute Gasteiger partial charge is 0.354 e. The number of rotatable bonds is 5. The standard InChI is InChI=1S/C28H34F2N4O/c1-17(2)26-23-13-21(5-6-24(23)32-27(26)22-11-18(3)31-19(4)12-22)20-7-9-34(10-8-20)25(35)14-33-15-28(29,30)16-33/h5-6,11-13,17,20,32H,7-10,14-16H2,1-4H3. The summed E-state index contributed by atoms with van der Waals surface area (Å²) >= 11 is 0. The average molecular weight is 481 g/mol. The van der Waals surface area contributed by atoms with Crippen LogP contribution in [0.25, 0.3) is 22.2 Å². The molecule has 1 aromatic carbocycles. The summed E-state index contributed by atoms with van der Waals surface area (Å²) in [5, 5.41) is 1.26. The fraction of sp³-hybridized carbons (Fsp3) is 0.500. The van der Waals surface area contributed by atoms with Crippen molar-refractivity contribution >= 4 is 16.8 Å². The van der Waals surface area contributed by atoms with Crippen LogP contribution < -0.4 is 0 Å². The van der Waals surface area contributed by atoms with Gasteiger partial charge in [-0.25, -0.2) is 8.78 Å². The topological polar surface area (TPSA) is 52.2 Å². The van der Waals surface area contributed by atoms with Gasteiger partial charge in [-0.15, -0.1) is 0 Å². The van der Waals surface area contributed by atoms with E-state index in [0.717, 1.165) is 35.4 Å². The van der Waals surface area contributed by atoms with Crippen LogP contribution >= 0.6 is 0 Å². The predicted octanol–water partition coefficient (Wildman–Crippen LogP) is 5.63. The van der Waals surface area contributed by atoms with Crippen LogP contribution in [0.4, 0.5) is 8.78 Å². The van der Waals surface area contributed by atoms with Gasteiger partial charge in [0.05, 0.1) is 25.3 Å². The van der Waals surface area contributed by atoms with Crippen molar-refractivity contribution in [3.63, 3.8) is 0 Å². The van der Waals surface area contributed by atoms with Gasteiger partial charge in [0, 0.05) is 40.9 Å². The number of aromatic nitrogens is 2. The molecule has 5 rings (SSSR count). The quantitative estimate of drug-likeness (QED) is 0.515. The van der Waals surface area contributed by atoms with Gasteiger partial charge in [-0.05, 0) is 73.9 Å². The molecule has 0 unspecified atom stereocenters. The first-order valence-electron chi connectivity index (χ1n) is 12.6. The van der Waals surface area contributed by atoms with E-state index in [-0.39, 0.29) is 25.5 Å². The first-order chi connectivity index (χ1) is 16.6. The fourth-order valence-corrected chi connectivity index (χ4v) is 5.76. The van der Waals surface area contributed by atoms with E-state index in [4.69, 9.17) is 0 Å². The number of hydrogen-bond acceptors (Lipinski definition) is 3.